The minimum atomic E-state index is -1.25. The molecule has 0 amide bonds. The van der Waals surface area contributed by atoms with Crippen molar-refractivity contribution in [3.63, 3.8) is 0 Å². The van der Waals surface area contributed by atoms with Crippen LogP contribution in [-0.4, -0.2) is 13.2 Å². The largest absolute Gasteiger partial charge is 0.493 e. The third-order valence-electron chi connectivity index (χ3n) is 4.93. The van der Waals surface area contributed by atoms with E-state index < -0.39 is 35.6 Å². The van der Waals surface area contributed by atoms with Crippen LogP contribution in [0.4, 0.5) is 17.6 Å². The van der Waals surface area contributed by atoms with Crippen LogP contribution in [0.2, 0.25) is 0 Å². The van der Waals surface area contributed by atoms with Gasteiger partial charge in [0.25, 0.3) is 0 Å². The Hall–Kier alpha value is -2.70. The second kappa shape index (κ2) is 9.87. The molecular weight excluding hydrogens is 400 g/mol. The lowest BCUT2D eigenvalue weighted by Crippen LogP contribution is -2.14. The van der Waals surface area contributed by atoms with E-state index in [1.165, 1.54) is 24.3 Å². The van der Waals surface area contributed by atoms with Crippen molar-refractivity contribution in [1.82, 2.24) is 0 Å². The van der Waals surface area contributed by atoms with E-state index in [0.717, 1.165) is 19.3 Å². The van der Waals surface area contributed by atoms with Crippen LogP contribution >= 0.6 is 0 Å². The number of hydrogen-bond donors (Lipinski definition) is 0. The third-order valence-corrected chi connectivity index (χ3v) is 4.93. The molecule has 3 nitrogen and oxygen atoms in total. The Bertz CT molecular complexity index is 927. The summed E-state index contributed by atoms with van der Waals surface area (Å²) in [6.07, 6.45) is 4.57. The minimum absolute atomic E-state index is 0.0319. The zero-order valence-electron chi connectivity index (χ0n) is 16.9. The van der Waals surface area contributed by atoms with Gasteiger partial charge in [-0.05, 0) is 50.0 Å². The van der Waals surface area contributed by atoms with E-state index in [9.17, 15) is 17.6 Å². The SMILES string of the molecule is CCCC1CC=C(c2ccc(COc3ccc(OCC)c(F)c3F)c(F)c2F)OC1. The molecule has 0 fully saturated rings. The molecule has 7 heteroatoms. The van der Waals surface area contributed by atoms with Crippen LogP contribution < -0.4 is 9.47 Å². The molecule has 2 aromatic rings. The van der Waals surface area contributed by atoms with Crippen LogP contribution in [0, 0.1) is 29.2 Å². The molecule has 1 unspecified atom stereocenters. The summed E-state index contributed by atoms with van der Waals surface area (Å²) in [5.74, 6) is -4.59. The molecular formula is C23H24F4O3. The molecule has 1 atom stereocenters. The highest BCUT2D eigenvalue weighted by Crippen LogP contribution is 2.31. The van der Waals surface area contributed by atoms with E-state index in [-0.39, 0.29) is 23.5 Å². The first-order chi connectivity index (χ1) is 14.5. The maximum Gasteiger partial charge on any atom is 0.204 e. The second-order valence-electron chi connectivity index (χ2n) is 7.08. The van der Waals surface area contributed by atoms with Crippen molar-refractivity contribution in [2.75, 3.05) is 13.2 Å². The van der Waals surface area contributed by atoms with Gasteiger partial charge in [0.1, 0.15) is 12.4 Å². The van der Waals surface area contributed by atoms with Crippen molar-refractivity contribution in [3.05, 3.63) is 64.7 Å². The van der Waals surface area contributed by atoms with Crippen LogP contribution in [0.1, 0.15) is 44.2 Å². The van der Waals surface area contributed by atoms with Gasteiger partial charge in [-0.3, -0.25) is 0 Å². The van der Waals surface area contributed by atoms with Gasteiger partial charge >= 0.3 is 0 Å². The molecule has 0 aromatic heterocycles. The van der Waals surface area contributed by atoms with Gasteiger partial charge in [0.2, 0.25) is 11.6 Å². The number of rotatable bonds is 8. The van der Waals surface area contributed by atoms with E-state index in [1.807, 2.05) is 0 Å². The van der Waals surface area contributed by atoms with Crippen molar-refractivity contribution >= 4 is 5.76 Å². The third kappa shape index (κ3) is 4.71. The number of allylic oxidation sites excluding steroid dienone is 1. The molecule has 0 radical (unpaired) electrons. The lowest BCUT2D eigenvalue weighted by molar-refractivity contribution is 0.192. The molecule has 0 aliphatic carbocycles. The normalized spacial score (nSPS) is 16.1. The molecule has 162 valence electrons. The zero-order chi connectivity index (χ0) is 21.7. The summed E-state index contributed by atoms with van der Waals surface area (Å²) < 4.78 is 72.9. The quantitative estimate of drug-likeness (QED) is 0.459. The van der Waals surface area contributed by atoms with Crippen molar-refractivity contribution in [3.8, 4) is 11.5 Å². The van der Waals surface area contributed by atoms with Gasteiger partial charge in [-0.25, -0.2) is 8.78 Å². The molecule has 1 aliphatic heterocycles. The monoisotopic (exact) mass is 424 g/mol. The number of halogens is 4. The summed E-state index contributed by atoms with van der Waals surface area (Å²) in [4.78, 5) is 0. The van der Waals surface area contributed by atoms with Crippen LogP contribution in [0.15, 0.2) is 30.3 Å². The van der Waals surface area contributed by atoms with Crippen LogP contribution in [0.5, 0.6) is 11.5 Å². The van der Waals surface area contributed by atoms with Gasteiger partial charge in [0, 0.05) is 5.56 Å². The Labute approximate surface area is 173 Å². The average molecular weight is 424 g/mol. The average Bonchev–Trinajstić information content (AvgIpc) is 2.75. The van der Waals surface area contributed by atoms with Crippen molar-refractivity contribution in [1.29, 1.82) is 0 Å². The van der Waals surface area contributed by atoms with Gasteiger partial charge in [-0.1, -0.05) is 19.4 Å². The molecule has 1 aliphatic rings. The van der Waals surface area contributed by atoms with E-state index in [4.69, 9.17) is 14.2 Å². The fraction of sp³-hybridized carbons (Fsp3) is 0.391. The van der Waals surface area contributed by atoms with Gasteiger partial charge in [-0.15, -0.1) is 0 Å². The van der Waals surface area contributed by atoms with Gasteiger partial charge in [-0.2, -0.15) is 8.78 Å². The maximum absolute atomic E-state index is 14.6. The molecule has 1 heterocycles. The lowest BCUT2D eigenvalue weighted by atomic mass is 9.97. The van der Waals surface area contributed by atoms with E-state index in [2.05, 4.69) is 6.92 Å². The Kier molecular flexibility index (Phi) is 7.24. The summed E-state index contributed by atoms with van der Waals surface area (Å²) in [7, 11) is 0. The molecule has 0 saturated heterocycles. The zero-order valence-corrected chi connectivity index (χ0v) is 16.9. The smallest absolute Gasteiger partial charge is 0.204 e. The maximum atomic E-state index is 14.6. The first kappa shape index (κ1) is 22.0. The first-order valence-corrected chi connectivity index (χ1v) is 10.00. The first-order valence-electron chi connectivity index (χ1n) is 10.00. The summed E-state index contributed by atoms with van der Waals surface area (Å²) in [6, 6.07) is 5.15. The predicted molar refractivity (Wildman–Crippen MR) is 105 cm³/mol. The molecule has 2 aromatic carbocycles. The van der Waals surface area contributed by atoms with Crippen LogP contribution in [0.25, 0.3) is 5.76 Å². The summed E-state index contributed by atoms with van der Waals surface area (Å²) in [5.41, 5.74) is -0.0882. The molecule has 0 spiro atoms. The van der Waals surface area contributed by atoms with E-state index in [1.54, 1.807) is 13.0 Å². The molecule has 3 rings (SSSR count). The highest BCUT2D eigenvalue weighted by Gasteiger charge is 2.22. The van der Waals surface area contributed by atoms with Gasteiger partial charge < -0.3 is 14.2 Å². The van der Waals surface area contributed by atoms with Gasteiger partial charge in [0.15, 0.2) is 23.1 Å². The van der Waals surface area contributed by atoms with Crippen molar-refractivity contribution in [2.24, 2.45) is 5.92 Å². The standard InChI is InChI=1S/C23H24F4O3/c1-3-5-14-6-9-17(29-12-14)16-8-7-15(20(24)21(16)25)13-30-19-11-10-18(28-4-2)22(26)23(19)27/h7-11,14H,3-6,12-13H2,1-2H3. The van der Waals surface area contributed by atoms with E-state index >= 15 is 0 Å². The summed E-state index contributed by atoms with van der Waals surface area (Å²) >= 11 is 0. The minimum Gasteiger partial charge on any atom is -0.493 e. The number of benzene rings is 2. The van der Waals surface area contributed by atoms with E-state index in [0.29, 0.717) is 18.3 Å². The second-order valence-corrected chi connectivity index (χ2v) is 7.08. The Morgan fingerprint density at radius 3 is 2.20 bits per heavy atom. The Morgan fingerprint density at radius 2 is 1.60 bits per heavy atom. The van der Waals surface area contributed by atoms with Crippen molar-refractivity contribution in [2.45, 2.75) is 39.7 Å². The predicted octanol–water partition coefficient (Wildman–Crippen LogP) is 6.40. The fourth-order valence-electron chi connectivity index (χ4n) is 3.34. The fourth-order valence-corrected chi connectivity index (χ4v) is 3.34. The molecule has 0 bridgehead atoms. The molecule has 0 N–H and O–H groups in total. The highest BCUT2D eigenvalue weighted by atomic mass is 19.2. The Balaban J connectivity index is 1.73. The topological polar surface area (TPSA) is 27.7 Å². The summed E-state index contributed by atoms with van der Waals surface area (Å²) in [5, 5.41) is 0. The van der Waals surface area contributed by atoms with Crippen LogP contribution in [-0.2, 0) is 11.3 Å². The molecule has 30 heavy (non-hydrogen) atoms. The Morgan fingerprint density at radius 1 is 0.900 bits per heavy atom. The molecule has 0 saturated carbocycles. The van der Waals surface area contributed by atoms with Crippen molar-refractivity contribution < 1.29 is 31.8 Å². The highest BCUT2D eigenvalue weighted by molar-refractivity contribution is 5.61. The summed E-state index contributed by atoms with van der Waals surface area (Å²) in [6.45, 7) is 3.90. The number of hydrogen-bond acceptors (Lipinski definition) is 3. The van der Waals surface area contributed by atoms with Crippen LogP contribution in [0.3, 0.4) is 0 Å². The number of ether oxygens (including phenoxy) is 3. The lowest BCUT2D eigenvalue weighted by Gasteiger charge is -2.23. The van der Waals surface area contributed by atoms with Gasteiger partial charge in [0.05, 0.1) is 18.8 Å².